The Morgan fingerprint density at radius 1 is 1.44 bits per heavy atom. The van der Waals surface area contributed by atoms with Gasteiger partial charge in [0.2, 0.25) is 0 Å². The first-order valence-corrected chi connectivity index (χ1v) is 7.18. The highest BCUT2D eigenvalue weighted by molar-refractivity contribution is 7.99. The summed E-state index contributed by atoms with van der Waals surface area (Å²) in [5, 5.41) is 4.18. The maximum absolute atomic E-state index is 11.3. The van der Waals surface area contributed by atoms with Crippen molar-refractivity contribution in [3.05, 3.63) is 0 Å². The van der Waals surface area contributed by atoms with Crippen molar-refractivity contribution in [1.82, 2.24) is 5.32 Å². The van der Waals surface area contributed by atoms with Crippen molar-refractivity contribution in [2.45, 2.75) is 37.4 Å². The molecule has 0 amide bonds. The van der Waals surface area contributed by atoms with E-state index < -0.39 is 0 Å². The lowest BCUT2D eigenvalue weighted by atomic mass is 10.1. The van der Waals surface area contributed by atoms with Crippen LogP contribution in [-0.2, 0) is 9.53 Å². The molecule has 1 N–H and O–H groups in total. The normalized spacial score (nSPS) is 24.1. The zero-order chi connectivity index (χ0) is 11.4. The molecule has 0 bridgehead atoms. The van der Waals surface area contributed by atoms with E-state index in [0.29, 0.717) is 11.8 Å². The molecule has 0 aromatic heterocycles. The molecule has 2 rings (SSSR count). The zero-order valence-corrected chi connectivity index (χ0v) is 10.8. The number of hydrogen-bond acceptors (Lipinski definition) is 4. The first-order chi connectivity index (χ1) is 7.74. The van der Waals surface area contributed by atoms with Crippen LogP contribution in [0.1, 0.15) is 32.1 Å². The van der Waals surface area contributed by atoms with Gasteiger partial charge in [0.1, 0.15) is 0 Å². The van der Waals surface area contributed by atoms with Gasteiger partial charge in [-0.05, 0) is 49.9 Å². The maximum Gasteiger partial charge on any atom is 0.306 e. The van der Waals surface area contributed by atoms with E-state index >= 15 is 0 Å². The Morgan fingerprint density at radius 2 is 2.12 bits per heavy atom. The summed E-state index contributed by atoms with van der Waals surface area (Å²) >= 11 is 2.07. The third-order valence-corrected chi connectivity index (χ3v) is 5.34. The number of hydrogen-bond donors (Lipinski definition) is 1. The van der Waals surface area contributed by atoms with Crippen LogP contribution < -0.4 is 5.32 Å². The van der Waals surface area contributed by atoms with E-state index in [9.17, 15) is 4.79 Å². The molecule has 16 heavy (non-hydrogen) atoms. The lowest BCUT2D eigenvalue weighted by Gasteiger charge is -2.24. The summed E-state index contributed by atoms with van der Waals surface area (Å²) in [5.74, 6) is 1.11. The fraction of sp³-hybridized carbons (Fsp3) is 0.917. The number of carbonyl (C=O) groups is 1. The molecule has 1 heterocycles. The Labute approximate surface area is 102 Å². The highest BCUT2D eigenvalue weighted by Gasteiger charge is 2.44. The Morgan fingerprint density at radius 3 is 2.69 bits per heavy atom. The fourth-order valence-corrected chi connectivity index (χ4v) is 3.73. The predicted octanol–water partition coefficient (Wildman–Crippen LogP) is 1.81. The van der Waals surface area contributed by atoms with Gasteiger partial charge in [-0.25, -0.2) is 0 Å². The van der Waals surface area contributed by atoms with E-state index in [0.717, 1.165) is 24.1 Å². The Hall–Kier alpha value is -0.220. The van der Waals surface area contributed by atoms with Gasteiger partial charge in [-0.1, -0.05) is 0 Å². The molecule has 0 unspecified atom stereocenters. The van der Waals surface area contributed by atoms with Crippen molar-refractivity contribution in [2.75, 3.05) is 26.0 Å². The molecule has 2 aliphatic rings. The van der Waals surface area contributed by atoms with Gasteiger partial charge in [-0.3, -0.25) is 4.79 Å². The molecule has 2 fully saturated rings. The van der Waals surface area contributed by atoms with E-state index in [1.807, 2.05) is 0 Å². The molecular weight excluding hydrogens is 222 g/mol. The fourth-order valence-electron chi connectivity index (χ4n) is 2.18. The number of nitrogens with one attached hydrogen (secondary N) is 1. The van der Waals surface area contributed by atoms with Crippen molar-refractivity contribution in [3.8, 4) is 0 Å². The van der Waals surface area contributed by atoms with Gasteiger partial charge in [-0.15, -0.1) is 0 Å². The number of ether oxygens (including phenoxy) is 1. The van der Waals surface area contributed by atoms with Gasteiger partial charge in [0.05, 0.1) is 13.5 Å². The number of methoxy groups -OCH3 is 1. The molecule has 0 atom stereocenters. The van der Waals surface area contributed by atoms with E-state index in [2.05, 4.69) is 17.1 Å². The van der Waals surface area contributed by atoms with E-state index in [4.69, 9.17) is 4.74 Å². The van der Waals surface area contributed by atoms with Crippen LogP contribution in [0.2, 0.25) is 0 Å². The minimum Gasteiger partial charge on any atom is -0.469 e. The average molecular weight is 243 g/mol. The molecule has 3 nitrogen and oxygen atoms in total. The molecule has 0 radical (unpaired) electrons. The molecule has 0 aromatic rings. The van der Waals surface area contributed by atoms with Crippen LogP contribution in [0.25, 0.3) is 0 Å². The van der Waals surface area contributed by atoms with Gasteiger partial charge in [-0.2, -0.15) is 11.8 Å². The summed E-state index contributed by atoms with van der Waals surface area (Å²) in [7, 11) is 1.48. The van der Waals surface area contributed by atoms with Crippen LogP contribution >= 0.6 is 11.8 Å². The van der Waals surface area contributed by atoms with Crippen molar-refractivity contribution in [1.29, 1.82) is 0 Å². The first kappa shape index (κ1) is 12.2. The Kier molecular flexibility index (Phi) is 4.14. The third kappa shape index (κ3) is 3.39. The summed E-state index contributed by atoms with van der Waals surface area (Å²) < 4.78 is 4.76. The zero-order valence-electron chi connectivity index (χ0n) is 9.96. The van der Waals surface area contributed by atoms with Gasteiger partial charge < -0.3 is 10.1 Å². The molecular formula is C12H21NO2S. The highest BCUT2D eigenvalue weighted by Crippen LogP contribution is 2.52. The second-order valence-corrected chi connectivity index (χ2v) is 6.30. The van der Waals surface area contributed by atoms with Crippen LogP contribution in [0.4, 0.5) is 0 Å². The highest BCUT2D eigenvalue weighted by atomic mass is 32.2. The van der Waals surface area contributed by atoms with Crippen molar-refractivity contribution >= 4 is 17.7 Å². The number of thioether (sulfide) groups is 1. The molecule has 0 spiro atoms. The smallest absolute Gasteiger partial charge is 0.306 e. The lowest BCUT2D eigenvalue weighted by molar-refractivity contribution is -0.141. The summed E-state index contributed by atoms with van der Waals surface area (Å²) in [6.45, 7) is 2.31. The molecule has 1 aliphatic heterocycles. The largest absolute Gasteiger partial charge is 0.469 e. The van der Waals surface area contributed by atoms with E-state index in [1.165, 1.54) is 32.8 Å². The molecule has 92 valence electrons. The van der Waals surface area contributed by atoms with Crippen molar-refractivity contribution in [3.63, 3.8) is 0 Å². The van der Waals surface area contributed by atoms with E-state index in [1.54, 1.807) is 0 Å². The lowest BCUT2D eigenvalue weighted by Crippen LogP contribution is -2.30. The predicted molar refractivity (Wildman–Crippen MR) is 66.6 cm³/mol. The van der Waals surface area contributed by atoms with Gasteiger partial charge in [0, 0.05) is 5.25 Å². The standard InChI is InChI=1S/C12H21NO2S/c1-15-11(14)8-12(4-5-12)9-16-10-2-6-13-7-3-10/h10,13H,2-9H2,1H3. The van der Waals surface area contributed by atoms with Gasteiger partial charge in [0.25, 0.3) is 0 Å². The number of esters is 1. The van der Waals surface area contributed by atoms with Crippen LogP contribution in [0.15, 0.2) is 0 Å². The average Bonchev–Trinajstić information content (AvgIpc) is 3.08. The molecule has 4 heteroatoms. The number of carbonyl (C=O) groups excluding carboxylic acids is 1. The number of rotatable bonds is 5. The second kappa shape index (κ2) is 5.41. The SMILES string of the molecule is COC(=O)CC1(CSC2CCNCC2)CC1. The summed E-state index contributed by atoms with van der Waals surface area (Å²) in [6.07, 6.45) is 5.60. The Balaban J connectivity index is 1.70. The summed E-state index contributed by atoms with van der Waals surface area (Å²) in [4.78, 5) is 11.3. The quantitative estimate of drug-likeness (QED) is 0.748. The van der Waals surface area contributed by atoms with Crippen LogP contribution in [0, 0.1) is 5.41 Å². The Bertz CT molecular complexity index is 247. The van der Waals surface area contributed by atoms with Crippen molar-refractivity contribution < 1.29 is 9.53 Å². The van der Waals surface area contributed by atoms with Crippen molar-refractivity contribution in [2.24, 2.45) is 5.41 Å². The monoisotopic (exact) mass is 243 g/mol. The first-order valence-electron chi connectivity index (χ1n) is 6.13. The number of piperidine rings is 1. The van der Waals surface area contributed by atoms with Crippen LogP contribution in [0.5, 0.6) is 0 Å². The molecule has 1 saturated carbocycles. The maximum atomic E-state index is 11.3. The third-order valence-electron chi connectivity index (χ3n) is 3.62. The topological polar surface area (TPSA) is 38.3 Å². The van der Waals surface area contributed by atoms with E-state index in [-0.39, 0.29) is 5.97 Å². The second-order valence-electron chi connectivity index (χ2n) is 5.01. The van der Waals surface area contributed by atoms with Crippen LogP contribution in [0.3, 0.4) is 0 Å². The molecule has 0 aromatic carbocycles. The minimum absolute atomic E-state index is 0.0385. The molecule has 1 aliphatic carbocycles. The summed E-state index contributed by atoms with van der Waals surface area (Å²) in [5.41, 5.74) is 0.294. The van der Waals surface area contributed by atoms with Gasteiger partial charge in [0.15, 0.2) is 0 Å². The van der Waals surface area contributed by atoms with Gasteiger partial charge >= 0.3 is 5.97 Å². The summed E-state index contributed by atoms with van der Waals surface area (Å²) in [6, 6.07) is 0. The molecule has 1 saturated heterocycles. The van der Waals surface area contributed by atoms with Crippen LogP contribution in [-0.4, -0.2) is 37.2 Å². The minimum atomic E-state index is -0.0385.